The molecule has 186 valence electrons. The Morgan fingerprint density at radius 2 is 1.83 bits per heavy atom. The maximum atomic E-state index is 13.7. The molecule has 1 aromatic carbocycles. The number of piperidine rings is 1. The summed E-state index contributed by atoms with van der Waals surface area (Å²) in [5.74, 6) is -1.76. The number of carbonyl (C=O) groups is 1. The number of benzene rings is 1. The zero-order chi connectivity index (χ0) is 25.1. The molecule has 1 aliphatic rings. The lowest BCUT2D eigenvalue weighted by Gasteiger charge is -2.26. The number of pyridine rings is 1. The van der Waals surface area contributed by atoms with Crippen molar-refractivity contribution in [3.05, 3.63) is 74.1 Å². The van der Waals surface area contributed by atoms with Gasteiger partial charge in [-0.1, -0.05) is 38.5 Å². The molecule has 3 N–H and O–H groups in total. The molecular formula is C27H33N3O5. The van der Waals surface area contributed by atoms with Crippen LogP contribution in [0.5, 0.6) is 5.75 Å². The Hall–Kier alpha value is -3.39. The van der Waals surface area contributed by atoms with Crippen molar-refractivity contribution in [2.24, 2.45) is 11.7 Å². The van der Waals surface area contributed by atoms with E-state index in [0.29, 0.717) is 18.8 Å². The van der Waals surface area contributed by atoms with Crippen molar-refractivity contribution in [3.8, 4) is 5.75 Å². The second kappa shape index (κ2) is 10.5. The highest BCUT2D eigenvalue weighted by molar-refractivity contribution is 5.81. The number of aromatic hydroxyl groups is 1. The molecule has 3 aromatic rings. The maximum Gasteiger partial charge on any atom is 0.255 e. The molecule has 1 saturated heterocycles. The molecule has 0 radical (unpaired) electrons. The van der Waals surface area contributed by atoms with Crippen LogP contribution in [0.1, 0.15) is 62.5 Å². The van der Waals surface area contributed by atoms with E-state index in [2.05, 4.69) is 4.90 Å². The van der Waals surface area contributed by atoms with Crippen LogP contribution in [-0.4, -0.2) is 33.6 Å². The molecular weight excluding hydrogens is 446 g/mol. The lowest BCUT2D eigenvalue weighted by atomic mass is 9.91. The van der Waals surface area contributed by atoms with Gasteiger partial charge in [-0.2, -0.15) is 0 Å². The number of nitrogens with two attached hydrogens (primary N) is 1. The molecule has 2 aromatic heterocycles. The van der Waals surface area contributed by atoms with Crippen LogP contribution < -0.4 is 16.7 Å². The third-order valence-electron chi connectivity index (χ3n) is 6.50. The van der Waals surface area contributed by atoms with E-state index < -0.39 is 23.0 Å². The van der Waals surface area contributed by atoms with Gasteiger partial charge in [0.15, 0.2) is 5.76 Å². The number of hydrogen-bond donors (Lipinski definition) is 2. The van der Waals surface area contributed by atoms with Crippen molar-refractivity contribution in [1.29, 1.82) is 0 Å². The molecule has 1 atom stereocenters. The van der Waals surface area contributed by atoms with E-state index in [9.17, 15) is 19.5 Å². The number of fused-ring (bicyclic) bond motifs is 1. The molecule has 8 heteroatoms. The first-order valence-corrected chi connectivity index (χ1v) is 12.2. The van der Waals surface area contributed by atoms with Crippen molar-refractivity contribution < 1.29 is 14.3 Å². The summed E-state index contributed by atoms with van der Waals surface area (Å²) in [5, 5.41) is 11.5. The molecule has 3 heterocycles. The van der Waals surface area contributed by atoms with Crippen LogP contribution in [0.4, 0.5) is 0 Å². The van der Waals surface area contributed by atoms with Gasteiger partial charge in [0.05, 0.1) is 18.0 Å². The number of aromatic nitrogens is 1. The molecule has 0 saturated carbocycles. The second-order valence-corrected chi connectivity index (χ2v) is 9.82. The maximum absolute atomic E-state index is 13.7. The highest BCUT2D eigenvalue weighted by Gasteiger charge is 2.29. The molecule has 4 rings (SSSR count). The summed E-state index contributed by atoms with van der Waals surface area (Å²) in [6, 6.07) is 10.5. The number of rotatable bonds is 8. The van der Waals surface area contributed by atoms with Gasteiger partial charge in [0.2, 0.25) is 17.1 Å². The van der Waals surface area contributed by atoms with Gasteiger partial charge in [0.25, 0.3) is 5.56 Å². The summed E-state index contributed by atoms with van der Waals surface area (Å²) in [5.41, 5.74) is 5.70. The summed E-state index contributed by atoms with van der Waals surface area (Å²) >= 11 is 0. The van der Waals surface area contributed by atoms with Gasteiger partial charge in [-0.3, -0.25) is 19.3 Å². The summed E-state index contributed by atoms with van der Waals surface area (Å²) in [6.45, 7) is 6.72. The molecule has 0 spiro atoms. The van der Waals surface area contributed by atoms with Crippen molar-refractivity contribution in [2.45, 2.75) is 58.5 Å². The Labute approximate surface area is 204 Å². The van der Waals surface area contributed by atoms with Crippen LogP contribution in [0, 0.1) is 5.92 Å². The number of carbonyl (C=O) groups excluding carboxylic acids is 1. The Morgan fingerprint density at radius 3 is 2.51 bits per heavy atom. The standard InChI is InChI=1S/C27H33N3O5/c1-17(2)15-30-22-9-5-4-8-18(22)12-21(27(30)34)20(14-24(28)32)26-25(33)23(31)13-19(35-26)16-29-10-6-3-7-11-29/h4-5,8-9,12-13,17,20,33H,3,6-7,10-11,14-16H2,1-2H3,(H2,28,32)/t20-/m1/s1. The molecule has 8 nitrogen and oxygen atoms in total. The van der Waals surface area contributed by atoms with Crippen molar-refractivity contribution in [3.63, 3.8) is 0 Å². The summed E-state index contributed by atoms with van der Waals surface area (Å²) in [4.78, 5) is 40.7. The highest BCUT2D eigenvalue weighted by atomic mass is 16.4. The average molecular weight is 480 g/mol. The number of hydrogen-bond acceptors (Lipinski definition) is 6. The zero-order valence-electron chi connectivity index (χ0n) is 20.3. The first-order valence-electron chi connectivity index (χ1n) is 12.2. The van der Waals surface area contributed by atoms with Gasteiger partial charge in [-0.05, 0) is 49.4 Å². The SMILES string of the molecule is CC(C)Cn1c(=O)c([C@@H](CC(N)=O)c2oc(CN3CCCCC3)cc(=O)c2O)cc2ccccc21. The minimum atomic E-state index is -0.989. The van der Waals surface area contributed by atoms with E-state index in [1.807, 2.05) is 38.1 Å². The van der Waals surface area contributed by atoms with Crippen LogP contribution in [0.2, 0.25) is 0 Å². The average Bonchev–Trinajstić information content (AvgIpc) is 2.82. The molecule has 0 unspecified atom stereocenters. The van der Waals surface area contributed by atoms with Gasteiger partial charge < -0.3 is 19.8 Å². The van der Waals surface area contributed by atoms with Gasteiger partial charge in [-0.15, -0.1) is 0 Å². The van der Waals surface area contributed by atoms with E-state index >= 15 is 0 Å². The summed E-state index contributed by atoms with van der Waals surface area (Å²) < 4.78 is 7.73. The number of para-hydroxylation sites is 1. The zero-order valence-corrected chi connectivity index (χ0v) is 20.3. The van der Waals surface area contributed by atoms with E-state index in [-0.39, 0.29) is 29.2 Å². The van der Waals surface area contributed by atoms with Crippen molar-refractivity contribution >= 4 is 16.8 Å². The summed E-state index contributed by atoms with van der Waals surface area (Å²) in [6.07, 6.45) is 3.05. The fraction of sp³-hybridized carbons (Fsp3) is 0.444. The predicted octanol–water partition coefficient (Wildman–Crippen LogP) is 3.31. The van der Waals surface area contributed by atoms with Gasteiger partial charge in [0, 0.05) is 24.6 Å². The number of nitrogens with zero attached hydrogens (tertiary/aromatic N) is 2. The fourth-order valence-electron chi connectivity index (χ4n) is 4.90. The smallest absolute Gasteiger partial charge is 0.255 e. The Bertz CT molecular complexity index is 1330. The van der Waals surface area contributed by atoms with Gasteiger partial charge in [0.1, 0.15) is 5.76 Å². The molecule has 0 aliphatic carbocycles. The summed E-state index contributed by atoms with van der Waals surface area (Å²) in [7, 11) is 0. The first kappa shape index (κ1) is 24.7. The topological polar surface area (TPSA) is 119 Å². The minimum Gasteiger partial charge on any atom is -0.502 e. The quantitative estimate of drug-likeness (QED) is 0.512. The van der Waals surface area contributed by atoms with E-state index in [0.717, 1.165) is 36.8 Å². The Morgan fingerprint density at radius 1 is 1.11 bits per heavy atom. The third-order valence-corrected chi connectivity index (χ3v) is 6.50. The second-order valence-electron chi connectivity index (χ2n) is 9.82. The van der Waals surface area contributed by atoms with E-state index in [1.54, 1.807) is 10.6 Å². The monoisotopic (exact) mass is 479 g/mol. The van der Waals surface area contributed by atoms with Gasteiger partial charge in [-0.25, -0.2) is 0 Å². The van der Waals surface area contributed by atoms with Crippen LogP contribution in [0.25, 0.3) is 10.9 Å². The minimum absolute atomic E-state index is 0.0909. The lowest BCUT2D eigenvalue weighted by molar-refractivity contribution is -0.118. The van der Waals surface area contributed by atoms with Crippen LogP contribution in [0.15, 0.2) is 50.4 Å². The molecule has 1 amide bonds. The third kappa shape index (κ3) is 5.48. The van der Waals surface area contributed by atoms with Crippen LogP contribution >= 0.6 is 0 Å². The largest absolute Gasteiger partial charge is 0.502 e. The van der Waals surface area contributed by atoms with E-state index in [4.69, 9.17) is 10.2 Å². The Kier molecular flexibility index (Phi) is 7.40. The van der Waals surface area contributed by atoms with Crippen LogP contribution in [0.3, 0.4) is 0 Å². The van der Waals surface area contributed by atoms with Crippen LogP contribution in [-0.2, 0) is 17.9 Å². The lowest BCUT2D eigenvalue weighted by Crippen LogP contribution is -2.31. The predicted molar refractivity (Wildman–Crippen MR) is 134 cm³/mol. The number of amides is 1. The van der Waals surface area contributed by atoms with Crippen molar-refractivity contribution in [1.82, 2.24) is 9.47 Å². The van der Waals surface area contributed by atoms with Gasteiger partial charge >= 0.3 is 0 Å². The normalized spacial score (nSPS) is 15.5. The van der Waals surface area contributed by atoms with Crippen molar-refractivity contribution in [2.75, 3.05) is 13.1 Å². The molecule has 35 heavy (non-hydrogen) atoms. The number of likely N-dealkylation sites (tertiary alicyclic amines) is 1. The first-order chi connectivity index (χ1) is 16.7. The highest BCUT2D eigenvalue weighted by Crippen LogP contribution is 2.33. The molecule has 1 aliphatic heterocycles. The number of primary amides is 1. The molecule has 1 fully saturated rings. The fourth-order valence-corrected chi connectivity index (χ4v) is 4.90. The Balaban J connectivity index is 1.88. The van der Waals surface area contributed by atoms with E-state index in [1.165, 1.54) is 12.5 Å². The molecule has 0 bridgehead atoms.